The molecule has 1 saturated carbocycles. The van der Waals surface area contributed by atoms with Gasteiger partial charge in [-0.25, -0.2) is 0 Å². The molecule has 2 rings (SSSR count). The molecule has 0 saturated heterocycles. The van der Waals surface area contributed by atoms with E-state index in [9.17, 15) is 0 Å². The molecule has 4 nitrogen and oxygen atoms in total. The fraction of sp³-hybridized carbons (Fsp3) is 0.824. The lowest BCUT2D eigenvalue weighted by Gasteiger charge is -2.35. The van der Waals surface area contributed by atoms with Gasteiger partial charge in [-0.2, -0.15) is 0 Å². The minimum absolute atomic E-state index is 0.105. The fourth-order valence-electron chi connectivity index (χ4n) is 3.18. The number of rotatable bonds is 5. The fourth-order valence-corrected chi connectivity index (χ4v) is 3.18. The number of aromatic nitrogens is 1. The minimum atomic E-state index is 0.105. The van der Waals surface area contributed by atoms with E-state index in [2.05, 4.69) is 56.2 Å². The third-order valence-corrected chi connectivity index (χ3v) is 4.45. The van der Waals surface area contributed by atoms with E-state index in [1.165, 1.54) is 25.7 Å². The molecule has 4 heteroatoms. The van der Waals surface area contributed by atoms with E-state index in [4.69, 9.17) is 4.52 Å². The molecule has 2 unspecified atom stereocenters. The summed E-state index contributed by atoms with van der Waals surface area (Å²) in [5, 5.41) is 7.61. The topological polar surface area (TPSA) is 41.3 Å². The maximum Gasteiger partial charge on any atom is 0.151 e. The van der Waals surface area contributed by atoms with E-state index in [0.29, 0.717) is 6.04 Å². The van der Waals surface area contributed by atoms with Crippen LogP contribution in [-0.2, 0) is 13.1 Å². The van der Waals surface area contributed by atoms with Gasteiger partial charge >= 0.3 is 0 Å². The standard InChI is InChI=1S/C17H31N3O/c1-13-8-6-7-9-16(13)20(5)12-15-10-14(19-21-15)11-18-17(2,3)4/h10,13,16,18H,6-9,11-12H2,1-5H3. The van der Waals surface area contributed by atoms with Crippen LogP contribution in [0.4, 0.5) is 0 Å². The minimum Gasteiger partial charge on any atom is -0.360 e. The Labute approximate surface area is 129 Å². The highest BCUT2D eigenvalue weighted by atomic mass is 16.5. The second-order valence-corrected chi connectivity index (χ2v) is 7.63. The Morgan fingerprint density at radius 2 is 2.05 bits per heavy atom. The summed E-state index contributed by atoms with van der Waals surface area (Å²) in [5.41, 5.74) is 1.10. The van der Waals surface area contributed by atoms with Crippen LogP contribution < -0.4 is 5.32 Å². The van der Waals surface area contributed by atoms with Crippen molar-refractivity contribution in [3.05, 3.63) is 17.5 Å². The van der Waals surface area contributed by atoms with Crippen LogP contribution in [-0.4, -0.2) is 28.7 Å². The van der Waals surface area contributed by atoms with Gasteiger partial charge in [0, 0.05) is 24.2 Å². The quantitative estimate of drug-likeness (QED) is 0.901. The average Bonchev–Trinajstić information content (AvgIpc) is 2.83. The molecule has 1 N–H and O–H groups in total. The molecule has 1 aromatic heterocycles. The summed E-state index contributed by atoms with van der Waals surface area (Å²) in [4.78, 5) is 2.44. The molecular formula is C17H31N3O. The first-order valence-corrected chi connectivity index (χ1v) is 8.25. The number of nitrogens with one attached hydrogen (secondary N) is 1. The van der Waals surface area contributed by atoms with Crippen LogP contribution in [0.2, 0.25) is 0 Å². The van der Waals surface area contributed by atoms with Gasteiger partial charge in [0.1, 0.15) is 0 Å². The highest BCUT2D eigenvalue weighted by molar-refractivity contribution is 5.06. The first-order chi connectivity index (χ1) is 9.85. The van der Waals surface area contributed by atoms with Crippen LogP contribution >= 0.6 is 0 Å². The Bertz CT molecular complexity index is 435. The van der Waals surface area contributed by atoms with Crippen LogP contribution in [0.1, 0.15) is 64.8 Å². The van der Waals surface area contributed by atoms with Gasteiger partial charge < -0.3 is 9.84 Å². The van der Waals surface area contributed by atoms with Gasteiger partial charge in [-0.3, -0.25) is 4.90 Å². The SMILES string of the molecule is CC1CCCCC1N(C)Cc1cc(CNC(C)(C)C)no1. The van der Waals surface area contributed by atoms with Gasteiger partial charge in [0.25, 0.3) is 0 Å². The van der Waals surface area contributed by atoms with Crippen molar-refractivity contribution in [3.63, 3.8) is 0 Å². The molecule has 1 aliphatic carbocycles. The normalized spacial score (nSPS) is 23.7. The Kier molecular flexibility index (Phi) is 5.44. The summed E-state index contributed by atoms with van der Waals surface area (Å²) in [7, 11) is 2.21. The maximum atomic E-state index is 5.49. The summed E-state index contributed by atoms with van der Waals surface area (Å²) >= 11 is 0. The second kappa shape index (κ2) is 6.93. The Morgan fingerprint density at radius 1 is 1.33 bits per heavy atom. The number of nitrogens with zero attached hydrogens (tertiary/aromatic N) is 2. The first-order valence-electron chi connectivity index (χ1n) is 8.25. The largest absolute Gasteiger partial charge is 0.360 e. The van der Waals surface area contributed by atoms with Crippen molar-refractivity contribution in [3.8, 4) is 0 Å². The zero-order valence-corrected chi connectivity index (χ0v) is 14.3. The predicted octanol–water partition coefficient (Wildman–Crippen LogP) is 3.57. The number of hydrogen-bond donors (Lipinski definition) is 1. The molecule has 2 atom stereocenters. The van der Waals surface area contributed by atoms with E-state index in [1.807, 2.05) is 0 Å². The van der Waals surface area contributed by atoms with Crippen molar-refractivity contribution < 1.29 is 4.52 Å². The number of hydrogen-bond acceptors (Lipinski definition) is 4. The highest BCUT2D eigenvalue weighted by Crippen LogP contribution is 2.28. The van der Waals surface area contributed by atoms with Crippen molar-refractivity contribution in [1.82, 2.24) is 15.4 Å². The molecule has 120 valence electrons. The molecule has 0 amide bonds. The lowest BCUT2D eigenvalue weighted by Crippen LogP contribution is -2.38. The van der Waals surface area contributed by atoms with Gasteiger partial charge in [-0.05, 0) is 46.6 Å². The zero-order chi connectivity index (χ0) is 15.5. The molecule has 0 bridgehead atoms. The highest BCUT2D eigenvalue weighted by Gasteiger charge is 2.25. The van der Waals surface area contributed by atoms with Crippen molar-refractivity contribution in [2.24, 2.45) is 5.92 Å². The van der Waals surface area contributed by atoms with Crippen LogP contribution in [0.15, 0.2) is 10.6 Å². The Morgan fingerprint density at radius 3 is 2.71 bits per heavy atom. The van der Waals surface area contributed by atoms with Crippen LogP contribution in [0.3, 0.4) is 0 Å². The van der Waals surface area contributed by atoms with E-state index in [-0.39, 0.29) is 5.54 Å². The molecule has 0 aliphatic heterocycles. The van der Waals surface area contributed by atoms with Crippen LogP contribution in [0, 0.1) is 5.92 Å². The third kappa shape index (κ3) is 5.11. The molecule has 1 aliphatic rings. The van der Waals surface area contributed by atoms with E-state index >= 15 is 0 Å². The second-order valence-electron chi connectivity index (χ2n) is 7.63. The Hall–Kier alpha value is -0.870. The van der Waals surface area contributed by atoms with Crippen molar-refractivity contribution in [2.75, 3.05) is 7.05 Å². The summed E-state index contributed by atoms with van der Waals surface area (Å²) in [6.45, 7) is 10.5. The van der Waals surface area contributed by atoms with Gasteiger partial charge in [-0.15, -0.1) is 0 Å². The van der Waals surface area contributed by atoms with Gasteiger partial charge in [0.15, 0.2) is 5.76 Å². The third-order valence-electron chi connectivity index (χ3n) is 4.45. The van der Waals surface area contributed by atoms with Crippen LogP contribution in [0.25, 0.3) is 0 Å². The predicted molar refractivity (Wildman–Crippen MR) is 86.0 cm³/mol. The molecule has 1 heterocycles. The van der Waals surface area contributed by atoms with Crippen molar-refractivity contribution >= 4 is 0 Å². The zero-order valence-electron chi connectivity index (χ0n) is 14.3. The first kappa shape index (κ1) is 16.5. The lowest BCUT2D eigenvalue weighted by molar-refractivity contribution is 0.122. The van der Waals surface area contributed by atoms with Crippen molar-refractivity contribution in [2.45, 2.75) is 78.0 Å². The molecule has 21 heavy (non-hydrogen) atoms. The maximum absolute atomic E-state index is 5.49. The van der Waals surface area contributed by atoms with Gasteiger partial charge in [0.2, 0.25) is 0 Å². The molecule has 1 fully saturated rings. The molecular weight excluding hydrogens is 262 g/mol. The van der Waals surface area contributed by atoms with Crippen LogP contribution in [0.5, 0.6) is 0 Å². The molecule has 0 spiro atoms. The Balaban J connectivity index is 1.86. The van der Waals surface area contributed by atoms with E-state index < -0.39 is 0 Å². The molecule has 0 aromatic carbocycles. The summed E-state index contributed by atoms with van der Waals surface area (Å²) < 4.78 is 5.49. The monoisotopic (exact) mass is 293 g/mol. The van der Waals surface area contributed by atoms with Crippen molar-refractivity contribution in [1.29, 1.82) is 0 Å². The summed E-state index contributed by atoms with van der Waals surface area (Å²) in [6.07, 6.45) is 5.41. The summed E-state index contributed by atoms with van der Waals surface area (Å²) in [5.74, 6) is 1.76. The van der Waals surface area contributed by atoms with E-state index in [0.717, 1.165) is 30.5 Å². The molecule has 1 aromatic rings. The average molecular weight is 293 g/mol. The molecule has 0 radical (unpaired) electrons. The van der Waals surface area contributed by atoms with Gasteiger partial charge in [0.05, 0.1) is 12.2 Å². The van der Waals surface area contributed by atoms with E-state index in [1.54, 1.807) is 0 Å². The van der Waals surface area contributed by atoms with Gasteiger partial charge in [-0.1, -0.05) is 24.9 Å². The summed E-state index contributed by atoms with van der Waals surface area (Å²) in [6, 6.07) is 2.77. The lowest BCUT2D eigenvalue weighted by atomic mass is 9.85. The smallest absolute Gasteiger partial charge is 0.151 e.